The van der Waals surface area contributed by atoms with Crippen molar-refractivity contribution in [2.75, 3.05) is 33.4 Å². The summed E-state index contributed by atoms with van der Waals surface area (Å²) in [5, 5.41) is 3.29. The Morgan fingerprint density at radius 1 is 1.43 bits per heavy atom. The van der Waals surface area contributed by atoms with Gasteiger partial charge in [-0.2, -0.15) is 0 Å². The van der Waals surface area contributed by atoms with Crippen LogP contribution in [0.15, 0.2) is 18.2 Å². The standard InChI is InChI=1S/C16H24N2O3/c1-12-10-14(4-5-15(12)20-3)11-17-13(2)16(19)18-6-8-21-9-7-18/h4-5,10,13,17H,6-9,11H2,1-3H3. The van der Waals surface area contributed by atoms with Gasteiger partial charge in [0.25, 0.3) is 0 Å². The Kier molecular flexibility index (Phi) is 5.59. The first-order valence-electron chi connectivity index (χ1n) is 7.35. The summed E-state index contributed by atoms with van der Waals surface area (Å²) < 4.78 is 10.5. The van der Waals surface area contributed by atoms with Gasteiger partial charge in [0.15, 0.2) is 0 Å². The summed E-state index contributed by atoms with van der Waals surface area (Å²) in [5.74, 6) is 1.03. The number of nitrogens with zero attached hydrogens (tertiary/aromatic N) is 1. The van der Waals surface area contributed by atoms with Crippen LogP contribution in [0, 0.1) is 6.92 Å². The quantitative estimate of drug-likeness (QED) is 0.890. The highest BCUT2D eigenvalue weighted by Crippen LogP contribution is 2.18. The van der Waals surface area contributed by atoms with Crippen LogP contribution in [0.3, 0.4) is 0 Å². The molecule has 0 radical (unpaired) electrons. The average Bonchev–Trinajstić information content (AvgIpc) is 2.52. The lowest BCUT2D eigenvalue weighted by Gasteiger charge is -2.29. The topological polar surface area (TPSA) is 50.8 Å². The lowest BCUT2D eigenvalue weighted by atomic mass is 10.1. The van der Waals surface area contributed by atoms with Crippen molar-refractivity contribution in [3.63, 3.8) is 0 Å². The van der Waals surface area contributed by atoms with Crippen LogP contribution in [0.1, 0.15) is 18.1 Å². The Balaban J connectivity index is 1.86. The molecule has 1 fully saturated rings. The largest absolute Gasteiger partial charge is 0.496 e. The molecule has 2 rings (SSSR count). The second-order valence-electron chi connectivity index (χ2n) is 5.34. The molecule has 5 heteroatoms. The summed E-state index contributed by atoms with van der Waals surface area (Å²) in [4.78, 5) is 14.1. The predicted octanol–water partition coefficient (Wildman–Crippen LogP) is 1.34. The number of ether oxygens (including phenoxy) is 2. The molecule has 116 valence electrons. The minimum absolute atomic E-state index is 0.142. The molecule has 1 atom stereocenters. The van der Waals surface area contributed by atoms with E-state index in [-0.39, 0.29) is 11.9 Å². The Labute approximate surface area is 126 Å². The molecule has 0 saturated carbocycles. The molecule has 1 amide bonds. The number of rotatable bonds is 5. The maximum Gasteiger partial charge on any atom is 0.239 e. The third-order valence-electron chi connectivity index (χ3n) is 3.76. The second-order valence-corrected chi connectivity index (χ2v) is 5.34. The van der Waals surface area contributed by atoms with E-state index < -0.39 is 0 Å². The second kappa shape index (κ2) is 7.43. The van der Waals surface area contributed by atoms with Crippen LogP contribution in [0.5, 0.6) is 5.75 Å². The fourth-order valence-corrected chi connectivity index (χ4v) is 2.47. The number of morpholine rings is 1. The lowest BCUT2D eigenvalue weighted by Crippen LogP contribution is -2.49. The molecular weight excluding hydrogens is 268 g/mol. The van der Waals surface area contributed by atoms with E-state index in [4.69, 9.17) is 9.47 Å². The molecule has 1 N–H and O–H groups in total. The van der Waals surface area contributed by atoms with Gasteiger partial charge in [0.1, 0.15) is 5.75 Å². The summed E-state index contributed by atoms with van der Waals surface area (Å²) >= 11 is 0. The van der Waals surface area contributed by atoms with Crippen molar-refractivity contribution in [1.29, 1.82) is 0 Å². The SMILES string of the molecule is COc1ccc(CNC(C)C(=O)N2CCOCC2)cc1C. The average molecular weight is 292 g/mol. The van der Waals surface area contributed by atoms with Gasteiger partial charge in [-0.3, -0.25) is 4.79 Å². The molecule has 0 aliphatic carbocycles. The van der Waals surface area contributed by atoms with Crippen molar-refractivity contribution in [3.05, 3.63) is 29.3 Å². The summed E-state index contributed by atoms with van der Waals surface area (Å²) in [6.45, 7) is 7.24. The van der Waals surface area contributed by atoms with Gasteiger partial charge in [-0.25, -0.2) is 0 Å². The third kappa shape index (κ3) is 4.19. The minimum atomic E-state index is -0.189. The van der Waals surface area contributed by atoms with E-state index in [1.165, 1.54) is 0 Å². The van der Waals surface area contributed by atoms with Crippen molar-refractivity contribution in [2.45, 2.75) is 26.4 Å². The zero-order chi connectivity index (χ0) is 15.2. The van der Waals surface area contributed by atoms with Gasteiger partial charge in [0, 0.05) is 19.6 Å². The molecule has 1 aromatic carbocycles. The van der Waals surface area contributed by atoms with Crippen molar-refractivity contribution in [3.8, 4) is 5.75 Å². The molecule has 21 heavy (non-hydrogen) atoms. The van der Waals surface area contributed by atoms with Gasteiger partial charge in [0.2, 0.25) is 5.91 Å². The monoisotopic (exact) mass is 292 g/mol. The molecule has 0 aromatic heterocycles. The fraction of sp³-hybridized carbons (Fsp3) is 0.562. The molecule has 0 spiro atoms. The first-order valence-corrected chi connectivity index (χ1v) is 7.35. The van der Waals surface area contributed by atoms with Crippen molar-refractivity contribution < 1.29 is 14.3 Å². The molecule has 1 aliphatic rings. The maximum absolute atomic E-state index is 12.3. The molecule has 1 saturated heterocycles. The van der Waals surface area contributed by atoms with Crippen LogP contribution in [0.4, 0.5) is 0 Å². The first-order chi connectivity index (χ1) is 10.1. The number of hydrogen-bond donors (Lipinski definition) is 1. The number of benzene rings is 1. The van der Waals surface area contributed by atoms with E-state index in [0.29, 0.717) is 32.8 Å². The summed E-state index contributed by atoms with van der Waals surface area (Å²) in [5.41, 5.74) is 2.25. The minimum Gasteiger partial charge on any atom is -0.496 e. The van der Waals surface area contributed by atoms with Gasteiger partial charge < -0.3 is 19.7 Å². The maximum atomic E-state index is 12.3. The molecule has 5 nitrogen and oxygen atoms in total. The number of aryl methyl sites for hydroxylation is 1. The van der Waals surface area contributed by atoms with Gasteiger partial charge >= 0.3 is 0 Å². The van der Waals surface area contributed by atoms with Crippen LogP contribution in [0.2, 0.25) is 0 Å². The van der Waals surface area contributed by atoms with Crippen LogP contribution in [-0.4, -0.2) is 50.3 Å². The van der Waals surface area contributed by atoms with Gasteiger partial charge in [-0.15, -0.1) is 0 Å². The highest BCUT2D eigenvalue weighted by atomic mass is 16.5. The number of hydrogen-bond acceptors (Lipinski definition) is 4. The highest BCUT2D eigenvalue weighted by molar-refractivity contribution is 5.81. The van der Waals surface area contributed by atoms with Crippen LogP contribution in [-0.2, 0) is 16.1 Å². The summed E-state index contributed by atoms with van der Waals surface area (Å²) in [6, 6.07) is 5.87. The van der Waals surface area contributed by atoms with Gasteiger partial charge in [-0.05, 0) is 31.0 Å². The Hall–Kier alpha value is -1.59. The third-order valence-corrected chi connectivity index (χ3v) is 3.76. The van der Waals surface area contributed by atoms with E-state index in [1.807, 2.05) is 30.9 Å². The molecular formula is C16H24N2O3. The van der Waals surface area contributed by atoms with E-state index in [9.17, 15) is 4.79 Å². The Morgan fingerprint density at radius 2 is 2.14 bits per heavy atom. The van der Waals surface area contributed by atoms with E-state index in [2.05, 4.69) is 11.4 Å². The Morgan fingerprint density at radius 3 is 2.76 bits per heavy atom. The Bertz CT molecular complexity index is 484. The highest BCUT2D eigenvalue weighted by Gasteiger charge is 2.21. The molecule has 0 bridgehead atoms. The van der Waals surface area contributed by atoms with Crippen molar-refractivity contribution >= 4 is 5.91 Å². The summed E-state index contributed by atoms with van der Waals surface area (Å²) in [7, 11) is 1.67. The van der Waals surface area contributed by atoms with Crippen LogP contribution >= 0.6 is 0 Å². The number of carbonyl (C=O) groups is 1. The molecule has 1 aliphatic heterocycles. The smallest absolute Gasteiger partial charge is 0.239 e. The van der Waals surface area contributed by atoms with E-state index >= 15 is 0 Å². The fourth-order valence-electron chi connectivity index (χ4n) is 2.47. The van der Waals surface area contributed by atoms with Crippen molar-refractivity contribution in [1.82, 2.24) is 10.2 Å². The van der Waals surface area contributed by atoms with Crippen LogP contribution in [0.25, 0.3) is 0 Å². The zero-order valence-electron chi connectivity index (χ0n) is 13.0. The number of carbonyl (C=O) groups excluding carboxylic acids is 1. The predicted molar refractivity (Wildman–Crippen MR) is 81.4 cm³/mol. The van der Waals surface area contributed by atoms with Crippen molar-refractivity contribution in [2.24, 2.45) is 0 Å². The van der Waals surface area contributed by atoms with E-state index in [0.717, 1.165) is 16.9 Å². The number of methoxy groups -OCH3 is 1. The molecule has 1 aromatic rings. The number of amides is 1. The number of nitrogens with one attached hydrogen (secondary N) is 1. The zero-order valence-corrected chi connectivity index (χ0v) is 13.0. The van der Waals surface area contributed by atoms with Gasteiger partial charge in [0.05, 0.1) is 26.4 Å². The lowest BCUT2D eigenvalue weighted by molar-refractivity contribution is -0.137. The van der Waals surface area contributed by atoms with E-state index in [1.54, 1.807) is 7.11 Å². The summed E-state index contributed by atoms with van der Waals surface area (Å²) in [6.07, 6.45) is 0. The molecule has 1 unspecified atom stereocenters. The molecule has 1 heterocycles. The normalized spacial score (nSPS) is 16.6. The van der Waals surface area contributed by atoms with Gasteiger partial charge in [-0.1, -0.05) is 12.1 Å². The first kappa shape index (κ1) is 15.8. The van der Waals surface area contributed by atoms with Crippen LogP contribution < -0.4 is 10.1 Å².